The van der Waals surface area contributed by atoms with Gasteiger partial charge in [-0.15, -0.1) is 0 Å². The van der Waals surface area contributed by atoms with Crippen LogP contribution in [0.15, 0.2) is 53.3 Å². The second-order valence-electron chi connectivity index (χ2n) is 5.87. The monoisotopic (exact) mass is 296 g/mol. The molecule has 2 amide bonds. The SMILES string of the molecule is O=C(c1ccoc1)N1C[C@H]2CN(c3ccccc3)C(=O)[C@H]2C1. The van der Waals surface area contributed by atoms with Crippen molar-refractivity contribution in [2.45, 2.75) is 0 Å². The van der Waals surface area contributed by atoms with Crippen LogP contribution in [0.3, 0.4) is 0 Å². The van der Waals surface area contributed by atoms with Gasteiger partial charge in [-0.25, -0.2) is 0 Å². The van der Waals surface area contributed by atoms with Gasteiger partial charge in [0.1, 0.15) is 6.26 Å². The van der Waals surface area contributed by atoms with Gasteiger partial charge in [0.15, 0.2) is 0 Å². The van der Waals surface area contributed by atoms with Crippen LogP contribution in [0.4, 0.5) is 5.69 Å². The Labute approximate surface area is 128 Å². The summed E-state index contributed by atoms with van der Waals surface area (Å²) in [6, 6.07) is 11.4. The lowest BCUT2D eigenvalue weighted by Crippen LogP contribution is -2.35. The van der Waals surface area contributed by atoms with E-state index in [1.165, 1.54) is 12.5 Å². The smallest absolute Gasteiger partial charge is 0.257 e. The molecule has 0 spiro atoms. The molecule has 5 heteroatoms. The van der Waals surface area contributed by atoms with Crippen molar-refractivity contribution in [2.75, 3.05) is 24.5 Å². The summed E-state index contributed by atoms with van der Waals surface area (Å²) in [5, 5.41) is 0. The van der Waals surface area contributed by atoms with E-state index in [9.17, 15) is 9.59 Å². The molecular formula is C17H16N2O3. The summed E-state index contributed by atoms with van der Waals surface area (Å²) in [5.74, 6) is 0.195. The van der Waals surface area contributed by atoms with E-state index >= 15 is 0 Å². The Kier molecular flexibility index (Phi) is 2.99. The molecule has 5 nitrogen and oxygen atoms in total. The fourth-order valence-corrected chi connectivity index (χ4v) is 3.44. The summed E-state index contributed by atoms with van der Waals surface area (Å²) in [4.78, 5) is 28.6. The third kappa shape index (κ3) is 2.01. The van der Waals surface area contributed by atoms with Gasteiger partial charge in [0.2, 0.25) is 5.91 Å². The van der Waals surface area contributed by atoms with Gasteiger partial charge < -0.3 is 14.2 Å². The van der Waals surface area contributed by atoms with Gasteiger partial charge in [-0.05, 0) is 18.2 Å². The molecule has 0 radical (unpaired) electrons. The number of para-hydroxylation sites is 1. The number of nitrogens with zero attached hydrogens (tertiary/aromatic N) is 2. The summed E-state index contributed by atoms with van der Waals surface area (Å²) >= 11 is 0. The minimum Gasteiger partial charge on any atom is -0.472 e. The summed E-state index contributed by atoms with van der Waals surface area (Å²) < 4.78 is 4.96. The average molecular weight is 296 g/mol. The molecule has 2 aliphatic rings. The second-order valence-corrected chi connectivity index (χ2v) is 5.87. The van der Waals surface area contributed by atoms with Crippen LogP contribution < -0.4 is 4.90 Å². The molecule has 0 N–H and O–H groups in total. The molecule has 112 valence electrons. The predicted molar refractivity (Wildman–Crippen MR) is 80.4 cm³/mol. The van der Waals surface area contributed by atoms with Crippen LogP contribution in [0.25, 0.3) is 0 Å². The summed E-state index contributed by atoms with van der Waals surface area (Å²) in [5.41, 5.74) is 1.49. The molecule has 22 heavy (non-hydrogen) atoms. The summed E-state index contributed by atoms with van der Waals surface area (Å²) in [6.07, 6.45) is 2.95. The molecule has 1 aromatic heterocycles. The van der Waals surface area contributed by atoms with Crippen LogP contribution in [0.1, 0.15) is 10.4 Å². The van der Waals surface area contributed by atoms with Crippen molar-refractivity contribution >= 4 is 17.5 Å². The van der Waals surface area contributed by atoms with Gasteiger partial charge >= 0.3 is 0 Å². The van der Waals surface area contributed by atoms with E-state index in [0.717, 1.165) is 5.69 Å². The fraction of sp³-hybridized carbons (Fsp3) is 0.294. The molecule has 0 aliphatic carbocycles. The van der Waals surface area contributed by atoms with E-state index in [-0.39, 0.29) is 23.7 Å². The first-order valence-corrected chi connectivity index (χ1v) is 7.42. The Morgan fingerprint density at radius 3 is 2.59 bits per heavy atom. The quantitative estimate of drug-likeness (QED) is 0.852. The fourth-order valence-electron chi connectivity index (χ4n) is 3.44. The highest BCUT2D eigenvalue weighted by molar-refractivity contribution is 6.00. The first kappa shape index (κ1) is 13.1. The Hall–Kier alpha value is -2.56. The van der Waals surface area contributed by atoms with Crippen molar-refractivity contribution in [1.82, 2.24) is 4.90 Å². The number of hydrogen-bond donors (Lipinski definition) is 0. The third-order valence-corrected chi connectivity index (χ3v) is 4.56. The number of benzene rings is 1. The Balaban J connectivity index is 1.50. The largest absolute Gasteiger partial charge is 0.472 e. The van der Waals surface area contributed by atoms with Crippen LogP contribution in [0, 0.1) is 11.8 Å². The number of rotatable bonds is 2. The Morgan fingerprint density at radius 1 is 1.09 bits per heavy atom. The lowest BCUT2D eigenvalue weighted by atomic mass is 10.0. The lowest BCUT2D eigenvalue weighted by Gasteiger charge is -2.21. The first-order chi connectivity index (χ1) is 10.7. The molecule has 2 saturated heterocycles. The van der Waals surface area contributed by atoms with Crippen molar-refractivity contribution in [1.29, 1.82) is 0 Å². The van der Waals surface area contributed by atoms with Gasteiger partial charge in [0, 0.05) is 31.2 Å². The minimum absolute atomic E-state index is 0.0535. The molecule has 2 aliphatic heterocycles. The number of likely N-dealkylation sites (tertiary alicyclic amines) is 1. The number of anilines is 1. The highest BCUT2D eigenvalue weighted by atomic mass is 16.3. The zero-order chi connectivity index (χ0) is 15.1. The third-order valence-electron chi connectivity index (χ3n) is 4.56. The molecule has 2 aromatic rings. The van der Waals surface area contributed by atoms with E-state index in [0.29, 0.717) is 25.2 Å². The number of hydrogen-bond acceptors (Lipinski definition) is 3. The molecule has 0 saturated carbocycles. The predicted octanol–water partition coefficient (Wildman–Crippen LogP) is 2.01. The number of furan rings is 1. The van der Waals surface area contributed by atoms with Crippen molar-refractivity contribution in [3.8, 4) is 0 Å². The molecule has 3 heterocycles. The van der Waals surface area contributed by atoms with Crippen LogP contribution in [-0.4, -0.2) is 36.3 Å². The first-order valence-electron chi connectivity index (χ1n) is 7.42. The van der Waals surface area contributed by atoms with Crippen molar-refractivity contribution in [2.24, 2.45) is 11.8 Å². The van der Waals surface area contributed by atoms with Gasteiger partial charge in [-0.3, -0.25) is 9.59 Å². The maximum atomic E-state index is 12.6. The second kappa shape index (κ2) is 5.02. The molecule has 0 unspecified atom stereocenters. The highest BCUT2D eigenvalue weighted by Gasteiger charge is 2.47. The minimum atomic E-state index is -0.0870. The van der Waals surface area contributed by atoms with Gasteiger partial charge in [0.25, 0.3) is 5.91 Å². The van der Waals surface area contributed by atoms with Crippen molar-refractivity contribution < 1.29 is 14.0 Å². The number of amides is 2. The zero-order valence-corrected chi connectivity index (χ0v) is 12.0. The van der Waals surface area contributed by atoms with Crippen molar-refractivity contribution in [3.63, 3.8) is 0 Å². The maximum Gasteiger partial charge on any atom is 0.257 e. The van der Waals surface area contributed by atoms with Crippen LogP contribution in [0.2, 0.25) is 0 Å². The van der Waals surface area contributed by atoms with E-state index in [4.69, 9.17) is 4.42 Å². The van der Waals surface area contributed by atoms with E-state index < -0.39 is 0 Å². The molecule has 1 aromatic carbocycles. The lowest BCUT2D eigenvalue weighted by molar-refractivity contribution is -0.120. The molecular weight excluding hydrogens is 280 g/mol. The van der Waals surface area contributed by atoms with Gasteiger partial charge in [0.05, 0.1) is 17.7 Å². The summed E-state index contributed by atoms with van der Waals surface area (Å²) in [7, 11) is 0. The number of carbonyl (C=O) groups excluding carboxylic acids is 2. The topological polar surface area (TPSA) is 53.8 Å². The maximum absolute atomic E-state index is 12.6. The van der Waals surface area contributed by atoms with E-state index in [2.05, 4.69) is 0 Å². The molecule has 2 atom stereocenters. The van der Waals surface area contributed by atoms with Gasteiger partial charge in [-0.2, -0.15) is 0 Å². The molecule has 2 fully saturated rings. The van der Waals surface area contributed by atoms with E-state index in [1.54, 1.807) is 11.0 Å². The standard InChI is InChI=1S/C17H16N2O3/c20-16(12-6-7-22-11-12)18-8-13-9-19(17(21)15(13)10-18)14-4-2-1-3-5-14/h1-7,11,13,15H,8-10H2/t13-,15-/m0/s1. The summed E-state index contributed by atoms with van der Waals surface area (Å²) in [6.45, 7) is 1.81. The van der Waals surface area contributed by atoms with Gasteiger partial charge in [-0.1, -0.05) is 18.2 Å². The van der Waals surface area contributed by atoms with Crippen LogP contribution in [0.5, 0.6) is 0 Å². The number of fused-ring (bicyclic) bond motifs is 1. The normalized spacial score (nSPS) is 23.9. The van der Waals surface area contributed by atoms with E-state index in [1.807, 2.05) is 35.2 Å². The van der Waals surface area contributed by atoms with Crippen molar-refractivity contribution in [3.05, 3.63) is 54.5 Å². The highest BCUT2D eigenvalue weighted by Crippen LogP contribution is 2.35. The van der Waals surface area contributed by atoms with Crippen LogP contribution in [-0.2, 0) is 4.79 Å². The number of carbonyl (C=O) groups is 2. The Morgan fingerprint density at radius 2 is 1.91 bits per heavy atom. The molecule has 4 rings (SSSR count). The Bertz CT molecular complexity index is 696. The molecule has 0 bridgehead atoms. The zero-order valence-electron chi connectivity index (χ0n) is 12.0. The van der Waals surface area contributed by atoms with Crippen LogP contribution >= 0.6 is 0 Å². The average Bonchev–Trinajstić information content (AvgIpc) is 3.25.